The summed E-state index contributed by atoms with van der Waals surface area (Å²) in [7, 11) is 0. The van der Waals surface area contributed by atoms with E-state index in [1.54, 1.807) is 4.90 Å². The minimum Gasteiger partial charge on any atom is -0.386 e. The predicted molar refractivity (Wildman–Crippen MR) is 59.1 cm³/mol. The third-order valence-corrected chi connectivity index (χ3v) is 2.62. The van der Waals surface area contributed by atoms with Crippen molar-refractivity contribution in [3.05, 3.63) is 23.8 Å². The largest absolute Gasteiger partial charge is 0.389 e. The van der Waals surface area contributed by atoms with Crippen LogP contribution in [0.4, 0.5) is 13.2 Å². The van der Waals surface area contributed by atoms with Crippen LogP contribution in [0.5, 0.6) is 0 Å². The lowest BCUT2D eigenvalue weighted by Gasteiger charge is -2.18. The summed E-state index contributed by atoms with van der Waals surface area (Å²) in [6, 6.07) is 0. The monoisotopic (exact) mass is 250 g/mol. The average Bonchev–Trinajstić information content (AvgIpc) is 2.59. The molecule has 1 unspecified atom stereocenters. The highest BCUT2D eigenvalue weighted by molar-refractivity contribution is 5.12. The Morgan fingerprint density at radius 2 is 1.88 bits per heavy atom. The highest BCUT2D eigenvalue weighted by Crippen LogP contribution is 2.30. The van der Waals surface area contributed by atoms with E-state index in [2.05, 4.69) is 0 Å². The van der Waals surface area contributed by atoms with Gasteiger partial charge in [0.1, 0.15) is 0 Å². The number of halogens is 3. The van der Waals surface area contributed by atoms with Gasteiger partial charge in [0.25, 0.3) is 0 Å². The molecule has 0 aromatic rings. The molecule has 0 aliphatic carbocycles. The van der Waals surface area contributed by atoms with Gasteiger partial charge < -0.3 is 22.1 Å². The molecule has 0 saturated carbocycles. The third kappa shape index (κ3) is 4.88. The molecular formula is C10H17F3N4. The third-order valence-electron chi connectivity index (χ3n) is 2.62. The van der Waals surface area contributed by atoms with E-state index in [9.17, 15) is 13.2 Å². The fourth-order valence-electron chi connectivity index (χ4n) is 1.85. The lowest BCUT2D eigenvalue weighted by Crippen LogP contribution is -2.26. The molecule has 1 atom stereocenters. The average molecular weight is 250 g/mol. The van der Waals surface area contributed by atoms with Crippen LogP contribution in [0.1, 0.15) is 12.8 Å². The smallest absolute Gasteiger partial charge is 0.386 e. The summed E-state index contributed by atoms with van der Waals surface area (Å²) in [5.41, 5.74) is 16.1. The van der Waals surface area contributed by atoms with Crippen LogP contribution in [0.15, 0.2) is 23.8 Å². The van der Waals surface area contributed by atoms with E-state index >= 15 is 0 Å². The van der Waals surface area contributed by atoms with E-state index in [-0.39, 0.29) is 11.7 Å². The van der Waals surface area contributed by atoms with Crippen molar-refractivity contribution < 1.29 is 13.2 Å². The fraction of sp³-hybridized carbons (Fsp3) is 0.600. The Balaban J connectivity index is 2.50. The molecule has 6 N–H and O–H groups in total. The maximum absolute atomic E-state index is 12.2. The van der Waals surface area contributed by atoms with Crippen molar-refractivity contribution in [1.29, 1.82) is 0 Å². The molecule has 17 heavy (non-hydrogen) atoms. The summed E-state index contributed by atoms with van der Waals surface area (Å²) in [5.74, 6) is 0.114. The zero-order valence-corrected chi connectivity index (χ0v) is 9.37. The summed E-state index contributed by atoms with van der Waals surface area (Å²) in [5, 5.41) is 0. The number of allylic oxidation sites excluding steroid dienone is 2. The molecule has 0 amide bonds. The van der Waals surface area contributed by atoms with Crippen LogP contribution >= 0.6 is 0 Å². The van der Waals surface area contributed by atoms with Gasteiger partial charge in [-0.1, -0.05) is 0 Å². The summed E-state index contributed by atoms with van der Waals surface area (Å²) >= 11 is 0. The van der Waals surface area contributed by atoms with E-state index < -0.39 is 12.6 Å². The number of alkyl halides is 3. The van der Waals surface area contributed by atoms with Gasteiger partial charge in [0.15, 0.2) is 0 Å². The second-order valence-corrected chi connectivity index (χ2v) is 4.18. The summed E-state index contributed by atoms with van der Waals surface area (Å²) in [6.45, 7) is 0.849. The van der Waals surface area contributed by atoms with Gasteiger partial charge >= 0.3 is 6.18 Å². The van der Waals surface area contributed by atoms with Gasteiger partial charge in [-0.3, -0.25) is 0 Å². The van der Waals surface area contributed by atoms with Crippen molar-refractivity contribution in [3.63, 3.8) is 0 Å². The predicted octanol–water partition coefficient (Wildman–Crippen LogP) is 0.820. The van der Waals surface area contributed by atoms with Gasteiger partial charge in [-0.2, -0.15) is 13.2 Å². The first-order chi connectivity index (χ1) is 7.78. The van der Waals surface area contributed by atoms with Crippen molar-refractivity contribution in [1.82, 2.24) is 4.90 Å². The van der Waals surface area contributed by atoms with Gasteiger partial charge in [0.2, 0.25) is 0 Å². The molecular weight excluding hydrogens is 233 g/mol. The van der Waals surface area contributed by atoms with Crippen LogP contribution in [0.25, 0.3) is 0 Å². The maximum atomic E-state index is 12.2. The second-order valence-electron chi connectivity index (χ2n) is 4.18. The first-order valence-corrected chi connectivity index (χ1v) is 5.28. The Hall–Kier alpha value is -1.53. The number of hydrogen-bond acceptors (Lipinski definition) is 4. The van der Waals surface area contributed by atoms with Crippen molar-refractivity contribution >= 4 is 0 Å². The Morgan fingerprint density at radius 3 is 2.41 bits per heavy atom. The number of nitrogens with two attached hydrogens (primary N) is 3. The van der Waals surface area contributed by atoms with Crippen molar-refractivity contribution in [3.8, 4) is 0 Å². The molecule has 0 aromatic carbocycles. The topological polar surface area (TPSA) is 81.3 Å². The molecule has 4 nitrogen and oxygen atoms in total. The van der Waals surface area contributed by atoms with Crippen LogP contribution in [0.2, 0.25) is 0 Å². The molecule has 1 fully saturated rings. The first kappa shape index (κ1) is 13.5. The van der Waals surface area contributed by atoms with Crippen molar-refractivity contribution in [2.75, 3.05) is 13.1 Å². The molecule has 7 heteroatoms. The molecule has 0 aromatic heterocycles. The SMILES string of the molecule is NC(N)=C/C=C(\N)N1CCC(CC(F)(F)F)C1. The van der Waals surface area contributed by atoms with Crippen LogP contribution < -0.4 is 17.2 Å². The molecule has 1 aliphatic rings. The van der Waals surface area contributed by atoms with Crippen molar-refractivity contribution in [2.24, 2.45) is 23.1 Å². The van der Waals surface area contributed by atoms with Crippen molar-refractivity contribution in [2.45, 2.75) is 19.0 Å². The summed E-state index contributed by atoms with van der Waals surface area (Å²) < 4.78 is 36.5. The molecule has 1 rings (SSSR count). The standard InChI is InChI=1S/C10H17F3N4/c11-10(12,13)5-7-3-4-17(6-7)9(16)2-1-8(14)15/h1-2,7H,3-6,14-16H2/b9-2+. The van der Waals surface area contributed by atoms with E-state index in [0.717, 1.165) is 0 Å². The lowest BCUT2D eigenvalue weighted by atomic mass is 10.1. The quantitative estimate of drug-likeness (QED) is 0.648. The van der Waals surface area contributed by atoms with Gasteiger partial charge in [0.05, 0.1) is 11.6 Å². The van der Waals surface area contributed by atoms with Crippen LogP contribution in [-0.4, -0.2) is 24.2 Å². The number of likely N-dealkylation sites (tertiary alicyclic amines) is 1. The zero-order chi connectivity index (χ0) is 13.1. The Bertz CT molecular complexity index is 318. The Morgan fingerprint density at radius 1 is 1.24 bits per heavy atom. The Labute approximate surface area is 97.9 Å². The van der Waals surface area contributed by atoms with Crippen LogP contribution in [0.3, 0.4) is 0 Å². The van der Waals surface area contributed by atoms with Crippen LogP contribution in [-0.2, 0) is 0 Å². The first-order valence-electron chi connectivity index (χ1n) is 5.28. The number of rotatable bonds is 3. The van der Waals surface area contributed by atoms with E-state index in [1.165, 1.54) is 12.2 Å². The van der Waals surface area contributed by atoms with E-state index in [0.29, 0.717) is 25.3 Å². The summed E-state index contributed by atoms with van der Waals surface area (Å²) in [6.07, 6.45) is -1.44. The lowest BCUT2D eigenvalue weighted by molar-refractivity contribution is -0.143. The molecule has 0 bridgehead atoms. The molecule has 0 radical (unpaired) electrons. The van der Waals surface area contributed by atoms with Gasteiger partial charge in [-0.25, -0.2) is 0 Å². The number of nitrogens with zero attached hydrogens (tertiary/aromatic N) is 1. The molecule has 1 heterocycles. The van der Waals surface area contributed by atoms with Crippen LogP contribution in [0, 0.1) is 5.92 Å². The molecule has 0 spiro atoms. The maximum Gasteiger partial charge on any atom is 0.389 e. The van der Waals surface area contributed by atoms with Gasteiger partial charge in [0, 0.05) is 19.5 Å². The minimum absolute atomic E-state index is 0.110. The zero-order valence-electron chi connectivity index (χ0n) is 9.37. The van der Waals surface area contributed by atoms with Gasteiger partial charge in [-0.15, -0.1) is 0 Å². The highest BCUT2D eigenvalue weighted by atomic mass is 19.4. The second kappa shape index (κ2) is 5.20. The highest BCUT2D eigenvalue weighted by Gasteiger charge is 2.35. The normalized spacial score (nSPS) is 21.7. The fourth-order valence-corrected chi connectivity index (χ4v) is 1.85. The summed E-state index contributed by atoms with van der Waals surface area (Å²) in [4.78, 5) is 1.70. The minimum atomic E-state index is -4.11. The van der Waals surface area contributed by atoms with E-state index in [1.807, 2.05) is 0 Å². The molecule has 1 saturated heterocycles. The Kier molecular flexibility index (Phi) is 4.14. The molecule has 98 valence electrons. The molecule has 1 aliphatic heterocycles. The van der Waals surface area contributed by atoms with Gasteiger partial charge in [-0.05, 0) is 24.5 Å². The van der Waals surface area contributed by atoms with E-state index in [4.69, 9.17) is 17.2 Å². The number of hydrogen-bond donors (Lipinski definition) is 3.